The van der Waals surface area contributed by atoms with E-state index in [1.807, 2.05) is 36.4 Å². The van der Waals surface area contributed by atoms with Crippen LogP contribution in [0.25, 0.3) is 0 Å². The number of benzene rings is 2. The highest BCUT2D eigenvalue weighted by molar-refractivity contribution is 5.85. The van der Waals surface area contributed by atoms with Crippen LogP contribution in [0.15, 0.2) is 60.7 Å². The minimum Gasteiger partial charge on any atom is -0.377 e. The molecule has 0 aliphatic rings. The van der Waals surface area contributed by atoms with Crippen LogP contribution in [0.5, 0.6) is 0 Å². The molecular weight excluding hydrogens is 335 g/mol. The molecular formula is C18H24Cl2O3. The predicted octanol–water partition coefficient (Wildman–Crippen LogP) is 4.28. The molecule has 128 valence electrons. The second kappa shape index (κ2) is 14.5. The van der Waals surface area contributed by atoms with E-state index >= 15 is 0 Å². The van der Waals surface area contributed by atoms with Crippen LogP contribution in [-0.2, 0) is 27.4 Å². The maximum atomic E-state index is 5.53. The van der Waals surface area contributed by atoms with E-state index in [2.05, 4.69) is 24.3 Å². The van der Waals surface area contributed by atoms with E-state index in [-0.39, 0.29) is 24.8 Å². The van der Waals surface area contributed by atoms with E-state index in [1.54, 1.807) is 0 Å². The fourth-order valence-corrected chi connectivity index (χ4v) is 1.87. The van der Waals surface area contributed by atoms with Crippen LogP contribution in [-0.4, -0.2) is 26.4 Å². The molecule has 2 aromatic carbocycles. The van der Waals surface area contributed by atoms with Crippen molar-refractivity contribution >= 4 is 24.8 Å². The van der Waals surface area contributed by atoms with Crippen LogP contribution in [0.4, 0.5) is 0 Å². The van der Waals surface area contributed by atoms with Gasteiger partial charge < -0.3 is 14.2 Å². The Morgan fingerprint density at radius 1 is 0.478 bits per heavy atom. The number of halogens is 2. The smallest absolute Gasteiger partial charge is 0.0718 e. The first-order valence-corrected chi connectivity index (χ1v) is 7.26. The van der Waals surface area contributed by atoms with Gasteiger partial charge in [-0.2, -0.15) is 0 Å². The highest BCUT2D eigenvalue weighted by Gasteiger charge is 1.94. The molecule has 0 aliphatic heterocycles. The van der Waals surface area contributed by atoms with Gasteiger partial charge in [0.15, 0.2) is 0 Å². The molecule has 2 rings (SSSR count). The zero-order valence-corrected chi connectivity index (χ0v) is 14.7. The Morgan fingerprint density at radius 2 is 0.826 bits per heavy atom. The third-order valence-electron chi connectivity index (χ3n) is 2.97. The van der Waals surface area contributed by atoms with Gasteiger partial charge in [0.25, 0.3) is 0 Å². The number of rotatable bonds is 10. The molecule has 23 heavy (non-hydrogen) atoms. The topological polar surface area (TPSA) is 27.7 Å². The van der Waals surface area contributed by atoms with Crippen molar-refractivity contribution < 1.29 is 14.2 Å². The zero-order valence-electron chi connectivity index (χ0n) is 13.1. The second-order valence-corrected chi connectivity index (χ2v) is 4.69. The van der Waals surface area contributed by atoms with E-state index in [4.69, 9.17) is 14.2 Å². The second-order valence-electron chi connectivity index (χ2n) is 4.69. The first-order valence-electron chi connectivity index (χ1n) is 7.26. The van der Waals surface area contributed by atoms with Crippen LogP contribution < -0.4 is 0 Å². The summed E-state index contributed by atoms with van der Waals surface area (Å²) in [7, 11) is 0. The first-order chi connectivity index (χ1) is 10.4. The highest BCUT2D eigenvalue weighted by Crippen LogP contribution is 2.01. The predicted molar refractivity (Wildman–Crippen MR) is 97.5 cm³/mol. The summed E-state index contributed by atoms with van der Waals surface area (Å²) < 4.78 is 16.5. The lowest BCUT2D eigenvalue weighted by atomic mass is 10.2. The largest absolute Gasteiger partial charge is 0.377 e. The maximum absolute atomic E-state index is 5.53. The molecule has 0 N–H and O–H groups in total. The van der Waals surface area contributed by atoms with E-state index < -0.39 is 0 Å². The lowest BCUT2D eigenvalue weighted by Gasteiger charge is -2.07. The van der Waals surface area contributed by atoms with Crippen molar-refractivity contribution in [3.8, 4) is 0 Å². The van der Waals surface area contributed by atoms with Crippen molar-refractivity contribution in [2.45, 2.75) is 13.2 Å². The van der Waals surface area contributed by atoms with Crippen LogP contribution >= 0.6 is 24.8 Å². The van der Waals surface area contributed by atoms with Gasteiger partial charge in [0, 0.05) is 0 Å². The molecule has 0 atom stereocenters. The number of hydrogen-bond acceptors (Lipinski definition) is 3. The Morgan fingerprint density at radius 3 is 1.22 bits per heavy atom. The molecule has 5 heteroatoms. The van der Waals surface area contributed by atoms with Gasteiger partial charge in [-0.1, -0.05) is 60.7 Å². The minimum atomic E-state index is 0. The van der Waals surface area contributed by atoms with Gasteiger partial charge in [-0.15, -0.1) is 24.8 Å². The summed E-state index contributed by atoms with van der Waals surface area (Å²) >= 11 is 0. The summed E-state index contributed by atoms with van der Waals surface area (Å²) in [6.07, 6.45) is 0. The van der Waals surface area contributed by atoms with Crippen molar-refractivity contribution in [2.24, 2.45) is 0 Å². The van der Waals surface area contributed by atoms with Gasteiger partial charge in [0.1, 0.15) is 0 Å². The zero-order chi connectivity index (χ0) is 14.6. The summed E-state index contributed by atoms with van der Waals surface area (Å²) in [6, 6.07) is 20.3. The fraction of sp³-hybridized carbons (Fsp3) is 0.333. The lowest BCUT2D eigenvalue weighted by Crippen LogP contribution is -2.09. The quantitative estimate of drug-likeness (QED) is 0.593. The van der Waals surface area contributed by atoms with Crippen LogP contribution in [0.2, 0.25) is 0 Å². The molecule has 0 radical (unpaired) electrons. The van der Waals surface area contributed by atoms with E-state index in [1.165, 1.54) is 11.1 Å². The van der Waals surface area contributed by atoms with E-state index in [9.17, 15) is 0 Å². The van der Waals surface area contributed by atoms with Gasteiger partial charge in [-0.25, -0.2) is 0 Å². The molecule has 0 unspecified atom stereocenters. The molecule has 0 aromatic heterocycles. The lowest BCUT2D eigenvalue weighted by molar-refractivity contribution is 0.00704. The third-order valence-corrected chi connectivity index (χ3v) is 2.97. The van der Waals surface area contributed by atoms with Crippen LogP contribution in [0.3, 0.4) is 0 Å². The van der Waals surface area contributed by atoms with Crippen molar-refractivity contribution in [1.29, 1.82) is 0 Å². The molecule has 0 fully saturated rings. The van der Waals surface area contributed by atoms with Crippen molar-refractivity contribution in [3.63, 3.8) is 0 Å². The Hall–Kier alpha value is -1.10. The molecule has 0 aliphatic carbocycles. The van der Waals surface area contributed by atoms with Crippen LogP contribution in [0, 0.1) is 0 Å². The summed E-state index contributed by atoms with van der Waals surface area (Å²) in [6.45, 7) is 3.67. The number of hydrogen-bond donors (Lipinski definition) is 0. The van der Waals surface area contributed by atoms with E-state index in [0.29, 0.717) is 39.6 Å². The van der Waals surface area contributed by atoms with Gasteiger partial charge in [-0.05, 0) is 11.1 Å². The average Bonchev–Trinajstić information content (AvgIpc) is 2.55. The fourth-order valence-electron chi connectivity index (χ4n) is 1.87. The molecule has 0 bridgehead atoms. The van der Waals surface area contributed by atoms with Gasteiger partial charge in [0.2, 0.25) is 0 Å². The summed E-state index contributed by atoms with van der Waals surface area (Å²) in [4.78, 5) is 0. The summed E-state index contributed by atoms with van der Waals surface area (Å²) in [5, 5.41) is 0. The number of ether oxygens (including phenoxy) is 3. The standard InChI is InChI=1S/C18H22O3.2ClH/c1-3-7-17(8-4-1)15-20-13-11-19-12-14-21-16-18-9-5-2-6-10-18;;/h1-10H,11-16H2;2*1H. The molecule has 0 heterocycles. The molecule has 0 amide bonds. The maximum Gasteiger partial charge on any atom is 0.0718 e. The molecule has 3 nitrogen and oxygen atoms in total. The Balaban J connectivity index is 0.00000242. The molecule has 0 saturated heterocycles. The first kappa shape index (κ1) is 21.9. The highest BCUT2D eigenvalue weighted by atomic mass is 35.5. The molecule has 2 aromatic rings. The Labute approximate surface area is 150 Å². The molecule has 0 saturated carbocycles. The average molecular weight is 359 g/mol. The summed E-state index contributed by atoms with van der Waals surface area (Å²) in [5.74, 6) is 0. The SMILES string of the molecule is Cl.Cl.c1ccc(COCCOCCOCc2ccccc2)cc1. The van der Waals surface area contributed by atoms with Gasteiger partial charge in [0.05, 0.1) is 39.6 Å². The monoisotopic (exact) mass is 358 g/mol. The van der Waals surface area contributed by atoms with Crippen molar-refractivity contribution in [1.82, 2.24) is 0 Å². The Bertz CT molecular complexity index is 435. The van der Waals surface area contributed by atoms with Crippen molar-refractivity contribution in [3.05, 3.63) is 71.8 Å². The normalized spacial score (nSPS) is 9.74. The third kappa shape index (κ3) is 10.3. The van der Waals surface area contributed by atoms with E-state index in [0.717, 1.165) is 0 Å². The van der Waals surface area contributed by atoms with Crippen LogP contribution in [0.1, 0.15) is 11.1 Å². The molecule has 0 spiro atoms. The van der Waals surface area contributed by atoms with Gasteiger partial charge >= 0.3 is 0 Å². The summed E-state index contributed by atoms with van der Waals surface area (Å²) in [5.41, 5.74) is 2.37. The minimum absolute atomic E-state index is 0. The Kier molecular flexibility index (Phi) is 13.8. The van der Waals surface area contributed by atoms with Gasteiger partial charge in [-0.3, -0.25) is 0 Å². The van der Waals surface area contributed by atoms with Crippen molar-refractivity contribution in [2.75, 3.05) is 26.4 Å².